The second-order valence-corrected chi connectivity index (χ2v) is 13.5. The Labute approximate surface area is 279 Å². The molecule has 3 rings (SSSR count). The lowest BCUT2D eigenvalue weighted by Crippen LogP contribution is -2.27. The van der Waals surface area contributed by atoms with Crippen LogP contribution in [-0.2, 0) is 5.41 Å². The molecule has 0 atom stereocenters. The maximum atomic E-state index is 10.2. The second kappa shape index (κ2) is 20.3. The fourth-order valence-corrected chi connectivity index (χ4v) is 6.80. The van der Waals surface area contributed by atoms with E-state index < -0.39 is 0 Å². The van der Waals surface area contributed by atoms with Gasteiger partial charge in [0.25, 0.3) is 0 Å². The first-order valence-corrected chi connectivity index (χ1v) is 18.1. The van der Waals surface area contributed by atoms with Crippen LogP contribution in [0.1, 0.15) is 142 Å². The maximum Gasteiger partial charge on any atom is 0.136 e. The molecule has 0 fully saturated rings. The van der Waals surface area contributed by atoms with Crippen molar-refractivity contribution in [2.75, 3.05) is 11.4 Å². The van der Waals surface area contributed by atoms with Crippen molar-refractivity contribution in [2.24, 2.45) is 0 Å². The Morgan fingerprint density at radius 2 is 1.07 bits per heavy atom. The van der Waals surface area contributed by atoms with E-state index in [1.54, 1.807) is 12.1 Å². The number of para-hydroxylation sites is 1. The zero-order valence-corrected chi connectivity index (χ0v) is 28.9. The summed E-state index contributed by atoms with van der Waals surface area (Å²) >= 11 is 0. The third-order valence-corrected chi connectivity index (χ3v) is 9.64. The molecule has 0 bridgehead atoms. The van der Waals surface area contributed by atoms with E-state index in [2.05, 4.69) is 56.0 Å². The van der Waals surface area contributed by atoms with E-state index in [-0.39, 0.29) is 11.0 Å². The second-order valence-electron chi connectivity index (χ2n) is 13.5. The van der Waals surface area contributed by atoms with Gasteiger partial charge < -0.3 is 4.90 Å². The molecule has 0 radical (unpaired) electrons. The van der Waals surface area contributed by atoms with Crippen molar-refractivity contribution in [3.05, 3.63) is 76.3 Å². The van der Waals surface area contributed by atoms with Crippen molar-refractivity contribution in [2.45, 2.75) is 142 Å². The molecule has 2 aromatic carbocycles. The first-order valence-electron chi connectivity index (χ1n) is 18.1. The summed E-state index contributed by atoms with van der Waals surface area (Å²) in [6.45, 7) is 7.71. The lowest BCUT2D eigenvalue weighted by molar-refractivity contribution is 0.525. The van der Waals surface area contributed by atoms with Crippen LogP contribution in [0.2, 0.25) is 0 Å². The average molecular weight is 617 g/mol. The van der Waals surface area contributed by atoms with Gasteiger partial charge in [-0.2, -0.15) is 15.8 Å². The zero-order valence-electron chi connectivity index (χ0n) is 28.9. The van der Waals surface area contributed by atoms with Crippen LogP contribution < -0.4 is 15.3 Å². The quantitative estimate of drug-likeness (QED) is 0.139. The normalized spacial score (nSPS) is 14.0. The monoisotopic (exact) mass is 616 g/mol. The third-order valence-electron chi connectivity index (χ3n) is 9.64. The van der Waals surface area contributed by atoms with Gasteiger partial charge in [0.1, 0.15) is 17.7 Å². The summed E-state index contributed by atoms with van der Waals surface area (Å²) in [5, 5.41) is 29.9. The number of benzene rings is 2. The van der Waals surface area contributed by atoms with E-state index in [1.165, 1.54) is 120 Å². The van der Waals surface area contributed by atoms with Crippen molar-refractivity contribution in [1.29, 1.82) is 15.8 Å². The van der Waals surface area contributed by atoms with E-state index >= 15 is 0 Å². The van der Waals surface area contributed by atoms with Crippen LogP contribution in [0.4, 0.5) is 5.69 Å². The standard InChI is InChI=1S/C42H56N4/c1-4-5-6-7-8-9-10-11-12-13-14-15-16-17-18-19-20-23-30-46-40-25-22-21-24-39(40)42(2,3)41(46)31-37(32-43)35-26-28-36(29-27-35)38(33-44)34-45/h21-22,24-29,31H,4-20,23,30H2,1-3H3/b41-31+. The van der Waals surface area contributed by atoms with Gasteiger partial charge in [0.2, 0.25) is 0 Å². The number of nitriles is 3. The van der Waals surface area contributed by atoms with Crippen LogP contribution in [0.15, 0.2) is 60.3 Å². The molecule has 2 aromatic rings. The molecule has 0 spiro atoms. The summed E-state index contributed by atoms with van der Waals surface area (Å²) in [5.41, 5.74) is 4.10. The number of anilines is 1. The average Bonchev–Trinajstić information content (AvgIpc) is 3.28. The van der Waals surface area contributed by atoms with Gasteiger partial charge in [-0.25, -0.2) is 0 Å². The molecule has 0 aliphatic carbocycles. The lowest BCUT2D eigenvalue weighted by Gasteiger charge is -2.27. The number of unbranched alkanes of at least 4 members (excludes halogenated alkanes) is 17. The van der Waals surface area contributed by atoms with Gasteiger partial charge in [-0.05, 0) is 29.3 Å². The molecule has 0 unspecified atom stereocenters. The van der Waals surface area contributed by atoms with E-state index in [0.717, 1.165) is 23.9 Å². The van der Waals surface area contributed by atoms with Gasteiger partial charge in [0.05, 0.1) is 11.6 Å². The molecular weight excluding hydrogens is 560 g/mol. The highest BCUT2D eigenvalue weighted by molar-refractivity contribution is 5.78. The highest BCUT2D eigenvalue weighted by Crippen LogP contribution is 2.48. The van der Waals surface area contributed by atoms with Crippen LogP contribution in [0.5, 0.6) is 0 Å². The van der Waals surface area contributed by atoms with Crippen molar-refractivity contribution < 1.29 is 0 Å². The summed E-state index contributed by atoms with van der Waals surface area (Å²) in [6, 6.07) is 22.1. The van der Waals surface area contributed by atoms with Crippen LogP contribution in [0.25, 0.3) is 11.1 Å². The molecule has 0 saturated heterocycles. The summed E-state index contributed by atoms with van der Waals surface area (Å²) in [6.07, 6.45) is 26.7. The smallest absolute Gasteiger partial charge is 0.136 e. The predicted molar refractivity (Wildman–Crippen MR) is 193 cm³/mol. The third kappa shape index (κ3) is 10.9. The van der Waals surface area contributed by atoms with Crippen molar-refractivity contribution in [1.82, 2.24) is 0 Å². The Bertz CT molecular complexity index is 1470. The number of rotatable bonds is 20. The van der Waals surface area contributed by atoms with Crippen molar-refractivity contribution in [3.8, 4) is 18.2 Å². The van der Waals surface area contributed by atoms with Crippen LogP contribution in [-0.4, -0.2) is 6.54 Å². The molecule has 0 saturated carbocycles. The molecule has 1 heterocycles. The zero-order chi connectivity index (χ0) is 33.0. The minimum atomic E-state index is -0.227. The van der Waals surface area contributed by atoms with E-state index in [9.17, 15) is 15.8 Å². The molecular formula is C42H56N4. The summed E-state index contributed by atoms with van der Waals surface area (Å²) < 4.78 is 0. The van der Waals surface area contributed by atoms with Gasteiger partial charge in [-0.15, -0.1) is 0 Å². The number of nitrogens with zero attached hydrogens (tertiary/aromatic N) is 4. The van der Waals surface area contributed by atoms with Crippen LogP contribution in [0, 0.1) is 34.0 Å². The number of hydrogen-bond acceptors (Lipinski definition) is 4. The lowest BCUT2D eigenvalue weighted by atomic mass is 9.83. The predicted octanol–water partition coefficient (Wildman–Crippen LogP) is 10.3. The Morgan fingerprint density at radius 3 is 1.54 bits per heavy atom. The van der Waals surface area contributed by atoms with Gasteiger partial charge in [-0.3, -0.25) is 0 Å². The fraction of sp³-hybridized carbons (Fsp3) is 0.548. The summed E-state index contributed by atoms with van der Waals surface area (Å²) in [4.78, 5) is 2.42. The SMILES string of the molecule is CCCCCCCCCCCCCCCCCCCCN1/C(=C/C(C#N)=c2ccc(=C(C#N)C#N)cc2)C(C)(C)c2ccccc21. The van der Waals surface area contributed by atoms with Gasteiger partial charge in [0, 0.05) is 28.6 Å². The minimum absolute atomic E-state index is 0.0753. The summed E-state index contributed by atoms with van der Waals surface area (Å²) in [5.74, 6) is 0. The first kappa shape index (κ1) is 36.7. The van der Waals surface area contributed by atoms with E-state index in [4.69, 9.17) is 0 Å². The van der Waals surface area contributed by atoms with Gasteiger partial charge in [0.15, 0.2) is 0 Å². The highest BCUT2D eigenvalue weighted by Gasteiger charge is 2.39. The molecule has 46 heavy (non-hydrogen) atoms. The van der Waals surface area contributed by atoms with E-state index in [0.29, 0.717) is 10.8 Å². The molecule has 0 amide bonds. The summed E-state index contributed by atoms with van der Waals surface area (Å²) in [7, 11) is 0. The van der Waals surface area contributed by atoms with E-state index in [1.807, 2.05) is 30.3 Å². The van der Waals surface area contributed by atoms with Crippen molar-refractivity contribution >= 4 is 16.8 Å². The first-order chi connectivity index (χ1) is 22.5. The number of fused-ring (bicyclic) bond motifs is 1. The number of allylic oxidation sites excluding steroid dienone is 2. The minimum Gasteiger partial charge on any atom is -0.344 e. The molecule has 0 aromatic heterocycles. The van der Waals surface area contributed by atoms with Crippen LogP contribution >= 0.6 is 0 Å². The fourth-order valence-electron chi connectivity index (χ4n) is 6.80. The van der Waals surface area contributed by atoms with Crippen LogP contribution in [0.3, 0.4) is 0 Å². The molecule has 1 aliphatic rings. The number of hydrogen-bond donors (Lipinski definition) is 0. The van der Waals surface area contributed by atoms with Crippen molar-refractivity contribution in [3.63, 3.8) is 0 Å². The maximum absolute atomic E-state index is 10.2. The molecule has 4 nitrogen and oxygen atoms in total. The van der Waals surface area contributed by atoms with Gasteiger partial charge >= 0.3 is 0 Å². The topological polar surface area (TPSA) is 74.6 Å². The highest BCUT2D eigenvalue weighted by atomic mass is 15.2. The molecule has 244 valence electrons. The molecule has 0 N–H and O–H groups in total. The Kier molecular flexibility index (Phi) is 16.2. The largest absolute Gasteiger partial charge is 0.344 e. The Hall–Kier alpha value is -3.81. The Morgan fingerprint density at radius 1 is 0.609 bits per heavy atom. The molecule has 4 heteroatoms. The van der Waals surface area contributed by atoms with Gasteiger partial charge in [-0.1, -0.05) is 172 Å². The molecule has 1 aliphatic heterocycles. The Balaban J connectivity index is 1.47.